The van der Waals surface area contributed by atoms with Gasteiger partial charge < -0.3 is 0 Å². The van der Waals surface area contributed by atoms with Crippen LogP contribution in [0.3, 0.4) is 0 Å². The summed E-state index contributed by atoms with van der Waals surface area (Å²) >= 11 is 0. The average Bonchev–Trinajstić information content (AvgIpc) is 1.87. The van der Waals surface area contributed by atoms with E-state index in [1.54, 1.807) is 0 Å². The summed E-state index contributed by atoms with van der Waals surface area (Å²) in [5, 5.41) is 7.22. The fraction of sp³-hybridized carbons (Fsp3) is 0.0769. The van der Waals surface area contributed by atoms with E-state index in [-0.39, 0.29) is 0 Å². The van der Waals surface area contributed by atoms with Gasteiger partial charge in [0.25, 0.3) is 0 Å². The smallest absolute Gasteiger partial charge is 0.0619 e. The van der Waals surface area contributed by atoms with Crippen molar-refractivity contribution in [3.8, 4) is 33.4 Å². The van der Waals surface area contributed by atoms with Gasteiger partial charge in [-0.15, -0.1) is 0 Å². The molecule has 0 saturated heterocycles. The van der Waals surface area contributed by atoms with Crippen LogP contribution >= 0.6 is 0 Å². The zero-order valence-corrected chi connectivity index (χ0v) is 43.5. The fourth-order valence-electron chi connectivity index (χ4n) is 15.1. The molecule has 0 aromatic heterocycles. The maximum absolute atomic E-state index is 8.64. The molecule has 0 fully saturated rings. The summed E-state index contributed by atoms with van der Waals surface area (Å²) in [5.74, 6) is 0. The second kappa shape index (κ2) is 16.6. The SMILES string of the molecule is [2H]C([2H])([2H])c1ccc(C2(c3cc(C4(c5ccc(C)cc5)c5ccccc5-c5c4ccc4ccccc54)cc(C4(c5ccc(C)cc5)c5ccccc5-c5c4ccc4ccccc54)c3)c3ccccc3-c3c2ccc2ccccc32)cc1. The maximum Gasteiger partial charge on any atom is 0.0714 e. The van der Waals surface area contributed by atoms with E-state index >= 15 is 0 Å². The van der Waals surface area contributed by atoms with Gasteiger partial charge in [0, 0.05) is 4.11 Å². The van der Waals surface area contributed by atoms with E-state index in [9.17, 15) is 0 Å². The average molecular weight is 994 g/mol. The normalized spacial score (nSPS) is 19.1. The van der Waals surface area contributed by atoms with Gasteiger partial charge in [-0.05, 0) is 153 Å². The first-order valence-electron chi connectivity index (χ1n) is 28.9. The third-order valence-corrected chi connectivity index (χ3v) is 18.3. The molecule has 0 heteroatoms. The second-order valence-electron chi connectivity index (χ2n) is 22.1. The molecule has 366 valence electrons. The lowest BCUT2D eigenvalue weighted by Crippen LogP contribution is -2.35. The molecule has 0 amide bonds. The highest BCUT2D eigenvalue weighted by Crippen LogP contribution is 2.64. The molecule has 78 heavy (non-hydrogen) atoms. The van der Waals surface area contributed by atoms with Gasteiger partial charge >= 0.3 is 0 Å². The van der Waals surface area contributed by atoms with Crippen LogP contribution in [-0.4, -0.2) is 0 Å². The number of aryl methyl sites for hydroxylation is 3. The molecule has 3 aliphatic rings. The Hall–Kier alpha value is -9.36. The van der Waals surface area contributed by atoms with Gasteiger partial charge in [0.05, 0.1) is 16.2 Å². The molecule has 0 N–H and O–H groups in total. The van der Waals surface area contributed by atoms with Crippen LogP contribution in [0.25, 0.3) is 65.7 Å². The second-order valence-corrected chi connectivity index (χ2v) is 22.1. The number of rotatable bonds is 6. The van der Waals surface area contributed by atoms with Crippen molar-refractivity contribution in [2.75, 3.05) is 0 Å². The van der Waals surface area contributed by atoms with Crippen molar-refractivity contribution in [2.45, 2.75) is 36.9 Å². The molecule has 0 saturated carbocycles. The predicted molar refractivity (Wildman–Crippen MR) is 325 cm³/mol. The third-order valence-electron chi connectivity index (χ3n) is 18.3. The molecule has 3 aliphatic carbocycles. The Morgan fingerprint density at radius 3 is 0.846 bits per heavy atom. The summed E-state index contributed by atoms with van der Waals surface area (Å²) in [6, 6.07) is 102. The summed E-state index contributed by atoms with van der Waals surface area (Å²) in [6.45, 7) is 2.08. The highest BCUT2D eigenvalue weighted by molar-refractivity contribution is 6.07. The minimum Gasteiger partial charge on any atom is -0.0619 e. The summed E-state index contributed by atoms with van der Waals surface area (Å²) < 4.78 is 25.9. The van der Waals surface area contributed by atoms with Gasteiger partial charge in [0.15, 0.2) is 0 Å². The topological polar surface area (TPSA) is 0 Å². The van der Waals surface area contributed by atoms with E-state index in [0.29, 0.717) is 5.56 Å². The van der Waals surface area contributed by atoms with Crippen LogP contribution in [-0.2, 0) is 16.2 Å². The van der Waals surface area contributed by atoms with Crippen molar-refractivity contribution in [3.05, 3.63) is 356 Å². The lowest BCUT2D eigenvalue weighted by Gasteiger charge is -2.41. The lowest BCUT2D eigenvalue weighted by atomic mass is 9.60. The van der Waals surface area contributed by atoms with Crippen molar-refractivity contribution >= 4 is 32.3 Å². The molecule has 0 bridgehead atoms. The van der Waals surface area contributed by atoms with Crippen molar-refractivity contribution in [3.63, 3.8) is 0 Å². The molecule has 0 nitrogen and oxygen atoms in total. The van der Waals surface area contributed by atoms with E-state index in [2.05, 4.69) is 275 Å². The number of fused-ring (bicyclic) bond motifs is 15. The summed E-state index contributed by atoms with van der Waals surface area (Å²) in [5.41, 5.74) is 21.5. The number of hydrogen-bond donors (Lipinski definition) is 0. The van der Waals surface area contributed by atoms with Crippen LogP contribution in [0.5, 0.6) is 0 Å². The molecule has 0 spiro atoms. The molecule has 0 heterocycles. The van der Waals surface area contributed by atoms with Crippen LogP contribution in [0.2, 0.25) is 0 Å². The monoisotopic (exact) mass is 993 g/mol. The first-order chi connectivity index (χ1) is 39.6. The number of hydrogen-bond acceptors (Lipinski definition) is 0. The van der Waals surface area contributed by atoms with Crippen molar-refractivity contribution in [1.29, 1.82) is 0 Å². The Morgan fingerprint density at radius 2 is 0.526 bits per heavy atom. The van der Waals surface area contributed by atoms with Crippen molar-refractivity contribution in [1.82, 2.24) is 0 Å². The molecule has 3 atom stereocenters. The molecular weight excluding hydrogens is 937 g/mol. The Bertz CT molecular complexity index is 4550. The molecule has 0 radical (unpaired) electrons. The molecule has 16 rings (SSSR count). The predicted octanol–water partition coefficient (Wildman–Crippen LogP) is 19.2. The summed E-state index contributed by atoms with van der Waals surface area (Å²) in [6.07, 6.45) is 0. The van der Waals surface area contributed by atoms with Crippen molar-refractivity contribution < 1.29 is 4.11 Å². The molecule has 0 aliphatic heterocycles. The summed E-state index contributed by atoms with van der Waals surface area (Å²) in [4.78, 5) is 0. The van der Waals surface area contributed by atoms with E-state index in [1.807, 2.05) is 12.1 Å². The van der Waals surface area contributed by atoms with Gasteiger partial charge in [0.1, 0.15) is 0 Å². The Morgan fingerprint density at radius 1 is 0.244 bits per heavy atom. The van der Waals surface area contributed by atoms with Gasteiger partial charge in [-0.1, -0.05) is 290 Å². The highest BCUT2D eigenvalue weighted by Gasteiger charge is 2.53. The van der Waals surface area contributed by atoms with Crippen LogP contribution in [0.4, 0.5) is 0 Å². The molecular formula is C78H54. The maximum atomic E-state index is 8.64. The Balaban J connectivity index is 1.15. The lowest BCUT2D eigenvalue weighted by molar-refractivity contribution is 0.713. The molecule has 3 unspecified atom stereocenters. The minimum atomic E-state index is -2.29. The zero-order chi connectivity index (χ0) is 54.4. The Labute approximate surface area is 460 Å². The third kappa shape index (κ3) is 5.84. The minimum absolute atomic E-state index is 0.315. The number of benzene rings is 13. The van der Waals surface area contributed by atoms with Crippen LogP contribution in [0.15, 0.2) is 273 Å². The highest BCUT2D eigenvalue weighted by atomic mass is 14.5. The van der Waals surface area contributed by atoms with E-state index in [1.165, 1.54) is 110 Å². The fourth-order valence-corrected chi connectivity index (χ4v) is 15.1. The largest absolute Gasteiger partial charge is 0.0714 e. The van der Waals surface area contributed by atoms with Crippen LogP contribution in [0, 0.1) is 20.7 Å². The van der Waals surface area contributed by atoms with Gasteiger partial charge in [0.2, 0.25) is 0 Å². The molecule has 13 aromatic carbocycles. The quantitative estimate of drug-likeness (QED) is 0.156. The van der Waals surface area contributed by atoms with E-state index in [4.69, 9.17) is 4.11 Å². The first-order valence-corrected chi connectivity index (χ1v) is 27.4. The van der Waals surface area contributed by atoms with E-state index in [0.717, 1.165) is 33.4 Å². The standard InChI is InChI=1S/C78H54/c1-49-28-37-55(38-29-49)76(67-25-13-10-22-64(67)73-61-19-7-4-16-52(61)34-43-70(73)76)58-46-59(77(56-39-30-50(2)31-40-56)68-26-14-11-23-65(68)74-62-20-8-5-17-53(62)35-44-71(74)77)48-60(47-58)78(57-41-32-51(3)33-42-57)69-27-15-12-24-66(69)75-63-21-9-6-18-54(63)36-45-72(75)78/h4-48H,1-3H3/i1D3. The Kier molecular flexibility index (Phi) is 8.89. The van der Waals surface area contributed by atoms with Gasteiger partial charge in [-0.25, -0.2) is 0 Å². The molecule has 13 aromatic rings. The van der Waals surface area contributed by atoms with E-state index < -0.39 is 23.1 Å². The van der Waals surface area contributed by atoms with Crippen LogP contribution < -0.4 is 0 Å². The van der Waals surface area contributed by atoms with Gasteiger partial charge in [-0.2, -0.15) is 0 Å². The van der Waals surface area contributed by atoms with Gasteiger partial charge in [-0.3, -0.25) is 0 Å². The first kappa shape index (κ1) is 41.8. The van der Waals surface area contributed by atoms with Crippen molar-refractivity contribution in [2.24, 2.45) is 0 Å². The summed E-state index contributed by atoms with van der Waals surface area (Å²) in [7, 11) is 0. The van der Waals surface area contributed by atoms with Crippen LogP contribution in [0.1, 0.15) is 87.6 Å². The zero-order valence-electron chi connectivity index (χ0n) is 46.5.